The van der Waals surface area contributed by atoms with Crippen LogP contribution in [0, 0.1) is 0 Å². The second-order valence-electron chi connectivity index (χ2n) is 6.27. The Kier molecular flexibility index (Phi) is 5.64. The highest BCUT2D eigenvalue weighted by molar-refractivity contribution is 5.93. The smallest absolute Gasteiger partial charge is 0.255 e. The molecule has 0 aromatic carbocycles. The summed E-state index contributed by atoms with van der Waals surface area (Å²) >= 11 is 0. The highest BCUT2D eigenvalue weighted by atomic mass is 16.3. The Hall–Kier alpha value is -2.14. The number of amides is 1. The third-order valence-corrected chi connectivity index (χ3v) is 4.73. The predicted molar refractivity (Wildman–Crippen MR) is 92.8 cm³/mol. The molecule has 3 rings (SSSR count). The topological polar surface area (TPSA) is 49.6 Å². The van der Waals surface area contributed by atoms with E-state index in [2.05, 4.69) is 16.8 Å². The van der Waals surface area contributed by atoms with Crippen LogP contribution in [0.15, 0.2) is 47.3 Å². The molecule has 24 heavy (non-hydrogen) atoms. The maximum Gasteiger partial charge on any atom is 0.255 e. The molecule has 1 amide bonds. The van der Waals surface area contributed by atoms with Crippen molar-refractivity contribution < 1.29 is 9.21 Å². The Bertz CT molecular complexity index is 627. The fourth-order valence-electron chi connectivity index (χ4n) is 3.37. The molecule has 0 bridgehead atoms. The molecule has 5 heteroatoms. The highest BCUT2D eigenvalue weighted by Crippen LogP contribution is 2.16. The number of hydrogen-bond donors (Lipinski definition) is 0. The molecule has 1 aliphatic heterocycles. The van der Waals surface area contributed by atoms with E-state index in [4.69, 9.17) is 4.42 Å². The van der Waals surface area contributed by atoms with E-state index < -0.39 is 0 Å². The number of furan rings is 1. The summed E-state index contributed by atoms with van der Waals surface area (Å²) in [6.07, 6.45) is 8.09. The van der Waals surface area contributed by atoms with Crippen molar-refractivity contribution in [2.45, 2.75) is 32.2 Å². The van der Waals surface area contributed by atoms with Crippen molar-refractivity contribution >= 4 is 5.91 Å². The second-order valence-corrected chi connectivity index (χ2v) is 6.27. The predicted octanol–water partition coefficient (Wildman–Crippen LogP) is 2.84. The molecule has 0 radical (unpaired) electrons. The first-order valence-electron chi connectivity index (χ1n) is 8.73. The van der Waals surface area contributed by atoms with Gasteiger partial charge >= 0.3 is 0 Å². The molecule has 0 aliphatic carbocycles. The van der Waals surface area contributed by atoms with Crippen LogP contribution < -0.4 is 0 Å². The quantitative estimate of drug-likeness (QED) is 0.847. The molecule has 0 N–H and O–H groups in total. The summed E-state index contributed by atoms with van der Waals surface area (Å²) in [5.41, 5.74) is 0.675. The lowest BCUT2D eigenvalue weighted by molar-refractivity contribution is 0.0757. The third-order valence-electron chi connectivity index (χ3n) is 4.73. The monoisotopic (exact) mass is 327 g/mol. The minimum atomic E-state index is 0.0871. The number of carbonyl (C=O) groups is 1. The van der Waals surface area contributed by atoms with Gasteiger partial charge in [-0.2, -0.15) is 0 Å². The maximum atomic E-state index is 12.6. The van der Waals surface area contributed by atoms with E-state index >= 15 is 0 Å². The molecule has 2 aromatic heterocycles. The molecule has 0 spiro atoms. The standard InChI is InChI=1S/C19H25N3O2/c1-2-17(14-18-7-4-13-24-18)21-9-5-10-22(12-11-21)19(23)16-6-3-8-20-15-16/h3-4,6-8,13,15,17H,2,5,9-12,14H2,1H3. The van der Waals surface area contributed by atoms with E-state index in [1.54, 1.807) is 18.7 Å². The molecule has 1 atom stereocenters. The van der Waals surface area contributed by atoms with E-state index in [9.17, 15) is 4.79 Å². The van der Waals surface area contributed by atoms with Crippen molar-refractivity contribution in [3.05, 3.63) is 54.2 Å². The van der Waals surface area contributed by atoms with Gasteiger partial charge < -0.3 is 9.32 Å². The van der Waals surface area contributed by atoms with Gasteiger partial charge in [0.2, 0.25) is 0 Å². The van der Waals surface area contributed by atoms with E-state index in [-0.39, 0.29) is 5.91 Å². The van der Waals surface area contributed by atoms with Crippen molar-refractivity contribution in [2.24, 2.45) is 0 Å². The average Bonchev–Trinajstić information content (AvgIpc) is 3.02. The molecule has 1 fully saturated rings. The van der Waals surface area contributed by atoms with Crippen molar-refractivity contribution in [3.63, 3.8) is 0 Å². The highest BCUT2D eigenvalue weighted by Gasteiger charge is 2.24. The normalized spacial score (nSPS) is 17.5. The van der Waals surface area contributed by atoms with E-state index in [1.807, 2.05) is 29.2 Å². The van der Waals surface area contributed by atoms with Gasteiger partial charge in [-0.25, -0.2) is 0 Å². The van der Waals surface area contributed by atoms with E-state index in [0.29, 0.717) is 11.6 Å². The Morgan fingerprint density at radius 3 is 2.88 bits per heavy atom. The van der Waals surface area contributed by atoms with Gasteiger partial charge in [0.05, 0.1) is 11.8 Å². The van der Waals surface area contributed by atoms with Crippen LogP contribution in [-0.4, -0.2) is 52.9 Å². The fourth-order valence-corrected chi connectivity index (χ4v) is 3.37. The van der Waals surface area contributed by atoms with Gasteiger partial charge in [-0.1, -0.05) is 6.92 Å². The number of nitrogens with zero attached hydrogens (tertiary/aromatic N) is 3. The minimum absolute atomic E-state index is 0.0871. The van der Waals surface area contributed by atoms with Crippen molar-refractivity contribution in [1.29, 1.82) is 0 Å². The fraction of sp³-hybridized carbons (Fsp3) is 0.474. The number of rotatable bonds is 5. The van der Waals surface area contributed by atoms with Crippen LogP contribution in [0.25, 0.3) is 0 Å². The van der Waals surface area contributed by atoms with Crippen molar-refractivity contribution in [2.75, 3.05) is 26.2 Å². The summed E-state index contributed by atoms with van der Waals surface area (Å²) in [6, 6.07) is 8.10. The van der Waals surface area contributed by atoms with Crippen LogP contribution >= 0.6 is 0 Å². The SMILES string of the molecule is CCC(Cc1ccco1)N1CCCN(C(=O)c2cccnc2)CC1. The largest absolute Gasteiger partial charge is 0.469 e. The van der Waals surface area contributed by atoms with Crippen LogP contribution in [0.3, 0.4) is 0 Å². The Morgan fingerprint density at radius 1 is 1.25 bits per heavy atom. The maximum absolute atomic E-state index is 12.6. The van der Waals surface area contributed by atoms with Gasteiger partial charge in [-0.3, -0.25) is 14.7 Å². The van der Waals surface area contributed by atoms with Crippen molar-refractivity contribution in [1.82, 2.24) is 14.8 Å². The van der Waals surface area contributed by atoms with Gasteiger partial charge in [0.15, 0.2) is 0 Å². The lowest BCUT2D eigenvalue weighted by Crippen LogP contribution is -2.40. The lowest BCUT2D eigenvalue weighted by Gasteiger charge is -2.29. The summed E-state index contributed by atoms with van der Waals surface area (Å²) in [6.45, 7) is 5.72. The molecule has 0 saturated carbocycles. The number of pyridine rings is 1. The first kappa shape index (κ1) is 16.7. The summed E-state index contributed by atoms with van der Waals surface area (Å²) in [5, 5.41) is 0. The van der Waals surface area contributed by atoms with Crippen molar-refractivity contribution in [3.8, 4) is 0 Å². The lowest BCUT2D eigenvalue weighted by atomic mass is 10.1. The number of hydrogen-bond acceptors (Lipinski definition) is 4. The zero-order valence-corrected chi connectivity index (χ0v) is 14.2. The Morgan fingerprint density at radius 2 is 2.17 bits per heavy atom. The summed E-state index contributed by atoms with van der Waals surface area (Å²) in [4.78, 5) is 21.1. The van der Waals surface area contributed by atoms with Crippen LogP contribution in [0.4, 0.5) is 0 Å². The number of carbonyl (C=O) groups excluding carboxylic acids is 1. The van der Waals surface area contributed by atoms with Gasteiger partial charge in [-0.15, -0.1) is 0 Å². The first-order valence-corrected chi connectivity index (χ1v) is 8.73. The van der Waals surface area contributed by atoms with Gasteiger partial charge in [0.1, 0.15) is 5.76 Å². The summed E-state index contributed by atoms with van der Waals surface area (Å²) < 4.78 is 5.51. The Labute approximate surface area is 143 Å². The van der Waals surface area contributed by atoms with E-state index in [1.165, 1.54) is 0 Å². The third kappa shape index (κ3) is 4.03. The average molecular weight is 327 g/mol. The summed E-state index contributed by atoms with van der Waals surface area (Å²) in [7, 11) is 0. The second kappa shape index (κ2) is 8.11. The molecule has 2 aromatic rings. The van der Waals surface area contributed by atoms with Crippen LogP contribution in [0.1, 0.15) is 35.9 Å². The van der Waals surface area contributed by atoms with E-state index in [0.717, 1.165) is 51.2 Å². The molecule has 5 nitrogen and oxygen atoms in total. The minimum Gasteiger partial charge on any atom is -0.469 e. The molecule has 3 heterocycles. The zero-order chi connectivity index (χ0) is 16.8. The van der Waals surface area contributed by atoms with Gasteiger partial charge in [0.25, 0.3) is 5.91 Å². The van der Waals surface area contributed by atoms with Crippen LogP contribution in [-0.2, 0) is 6.42 Å². The zero-order valence-electron chi connectivity index (χ0n) is 14.2. The molecule has 1 aliphatic rings. The molecular formula is C19H25N3O2. The van der Waals surface area contributed by atoms with Crippen LogP contribution in [0.2, 0.25) is 0 Å². The summed E-state index contributed by atoms with van der Waals surface area (Å²) in [5.74, 6) is 1.12. The number of aromatic nitrogens is 1. The molecule has 128 valence electrons. The molecule has 1 saturated heterocycles. The van der Waals surface area contributed by atoms with Crippen LogP contribution in [0.5, 0.6) is 0 Å². The van der Waals surface area contributed by atoms with Gasteiger partial charge in [-0.05, 0) is 37.1 Å². The Balaban J connectivity index is 1.60. The molecule has 1 unspecified atom stereocenters. The molecular weight excluding hydrogens is 302 g/mol. The van der Waals surface area contributed by atoms with Gasteiger partial charge in [0, 0.05) is 51.0 Å². The first-order chi connectivity index (χ1) is 11.8.